The molecule has 2 aromatic rings. The molecule has 2 aromatic carbocycles. The van der Waals surface area contributed by atoms with E-state index in [9.17, 15) is 9.18 Å². The van der Waals surface area contributed by atoms with Crippen molar-refractivity contribution in [2.24, 2.45) is 0 Å². The van der Waals surface area contributed by atoms with Crippen LogP contribution in [0, 0.1) is 12.7 Å². The number of aryl methyl sites for hydroxylation is 1. The lowest BCUT2D eigenvalue weighted by atomic mass is 10.1. The van der Waals surface area contributed by atoms with Crippen molar-refractivity contribution in [2.75, 3.05) is 0 Å². The SMILES string of the molecule is Cc1ccc(F)cc1CN1Cc2ccc(C(=O)O)cc2C1. The average molecular weight is 285 g/mol. The highest BCUT2D eigenvalue weighted by Gasteiger charge is 2.20. The van der Waals surface area contributed by atoms with E-state index in [-0.39, 0.29) is 5.82 Å². The maximum Gasteiger partial charge on any atom is 0.335 e. The van der Waals surface area contributed by atoms with E-state index >= 15 is 0 Å². The second-order valence-corrected chi connectivity index (χ2v) is 5.50. The number of fused-ring (bicyclic) bond motifs is 1. The number of carboxylic acids is 1. The van der Waals surface area contributed by atoms with Gasteiger partial charge in [-0.25, -0.2) is 9.18 Å². The second-order valence-electron chi connectivity index (χ2n) is 5.50. The summed E-state index contributed by atoms with van der Waals surface area (Å²) < 4.78 is 13.3. The van der Waals surface area contributed by atoms with Crippen LogP contribution in [0.5, 0.6) is 0 Å². The van der Waals surface area contributed by atoms with Crippen LogP contribution in [0.2, 0.25) is 0 Å². The Kier molecular flexibility index (Phi) is 3.47. The molecule has 108 valence electrons. The summed E-state index contributed by atoms with van der Waals surface area (Å²) in [5.74, 6) is -1.13. The van der Waals surface area contributed by atoms with Gasteiger partial charge in [0.15, 0.2) is 0 Å². The Balaban J connectivity index is 1.78. The van der Waals surface area contributed by atoms with Crippen LogP contribution in [0.25, 0.3) is 0 Å². The molecular weight excluding hydrogens is 269 g/mol. The first kappa shape index (κ1) is 13.8. The number of halogens is 1. The Morgan fingerprint density at radius 3 is 2.71 bits per heavy atom. The van der Waals surface area contributed by atoms with Gasteiger partial charge in [0.1, 0.15) is 5.82 Å². The molecule has 0 saturated heterocycles. The summed E-state index contributed by atoms with van der Waals surface area (Å²) in [7, 11) is 0. The van der Waals surface area contributed by atoms with E-state index in [4.69, 9.17) is 5.11 Å². The van der Waals surface area contributed by atoms with Crippen LogP contribution in [-0.2, 0) is 19.6 Å². The Hall–Kier alpha value is -2.20. The van der Waals surface area contributed by atoms with Crippen LogP contribution >= 0.6 is 0 Å². The fourth-order valence-electron chi connectivity index (χ4n) is 2.76. The molecule has 0 saturated carbocycles. The van der Waals surface area contributed by atoms with E-state index in [0.717, 1.165) is 28.8 Å². The van der Waals surface area contributed by atoms with Gasteiger partial charge in [-0.1, -0.05) is 12.1 Å². The predicted molar refractivity (Wildman–Crippen MR) is 77.5 cm³/mol. The molecular formula is C17H16FNO2. The summed E-state index contributed by atoms with van der Waals surface area (Å²) in [6.07, 6.45) is 0. The number of benzene rings is 2. The number of hydrogen-bond acceptors (Lipinski definition) is 2. The van der Waals surface area contributed by atoms with E-state index in [1.54, 1.807) is 24.3 Å². The third-order valence-electron chi connectivity index (χ3n) is 3.95. The quantitative estimate of drug-likeness (QED) is 0.940. The van der Waals surface area contributed by atoms with Crippen molar-refractivity contribution in [1.82, 2.24) is 4.90 Å². The van der Waals surface area contributed by atoms with Crippen LogP contribution in [0.15, 0.2) is 36.4 Å². The van der Waals surface area contributed by atoms with Crippen molar-refractivity contribution < 1.29 is 14.3 Å². The fraction of sp³-hybridized carbons (Fsp3) is 0.235. The maximum absolute atomic E-state index is 13.3. The van der Waals surface area contributed by atoms with E-state index in [2.05, 4.69) is 4.90 Å². The summed E-state index contributed by atoms with van der Waals surface area (Å²) in [4.78, 5) is 13.2. The average Bonchev–Trinajstić information content (AvgIpc) is 2.84. The normalized spacial score (nSPS) is 14.2. The molecule has 0 spiro atoms. The Labute approximate surface area is 122 Å². The maximum atomic E-state index is 13.3. The van der Waals surface area contributed by atoms with Crippen molar-refractivity contribution in [3.63, 3.8) is 0 Å². The van der Waals surface area contributed by atoms with Crippen LogP contribution in [-0.4, -0.2) is 16.0 Å². The number of hydrogen-bond donors (Lipinski definition) is 1. The van der Waals surface area contributed by atoms with E-state index in [0.29, 0.717) is 18.7 Å². The number of aromatic carboxylic acids is 1. The molecule has 0 amide bonds. The topological polar surface area (TPSA) is 40.5 Å². The molecule has 4 heteroatoms. The molecule has 0 unspecified atom stereocenters. The highest BCUT2D eigenvalue weighted by atomic mass is 19.1. The minimum absolute atomic E-state index is 0.222. The van der Waals surface area contributed by atoms with Crippen LogP contribution in [0.3, 0.4) is 0 Å². The summed E-state index contributed by atoms with van der Waals surface area (Å²) in [5, 5.41) is 9.03. The molecule has 3 rings (SSSR count). The standard InChI is InChI=1S/C17H16FNO2/c1-11-2-5-16(18)7-14(11)9-19-8-13-4-3-12(17(20)21)6-15(13)10-19/h2-7H,8-10H2,1H3,(H,20,21). The molecule has 0 aromatic heterocycles. The minimum Gasteiger partial charge on any atom is -0.478 e. The van der Waals surface area contributed by atoms with Gasteiger partial charge in [-0.05, 0) is 53.4 Å². The molecule has 0 aliphatic carbocycles. The van der Waals surface area contributed by atoms with Crippen molar-refractivity contribution in [3.8, 4) is 0 Å². The fourth-order valence-corrected chi connectivity index (χ4v) is 2.76. The first-order valence-corrected chi connectivity index (χ1v) is 6.85. The minimum atomic E-state index is -0.905. The second kappa shape index (κ2) is 5.30. The van der Waals surface area contributed by atoms with Gasteiger partial charge in [-0.2, -0.15) is 0 Å². The van der Waals surface area contributed by atoms with Crippen molar-refractivity contribution in [3.05, 3.63) is 70.0 Å². The highest BCUT2D eigenvalue weighted by Crippen LogP contribution is 2.26. The zero-order chi connectivity index (χ0) is 15.0. The van der Waals surface area contributed by atoms with Gasteiger partial charge >= 0.3 is 5.97 Å². The van der Waals surface area contributed by atoms with Gasteiger partial charge in [-0.15, -0.1) is 0 Å². The zero-order valence-electron chi connectivity index (χ0n) is 11.8. The van der Waals surface area contributed by atoms with Gasteiger partial charge in [-0.3, -0.25) is 4.90 Å². The number of nitrogens with zero attached hydrogens (tertiary/aromatic N) is 1. The lowest BCUT2D eigenvalue weighted by molar-refractivity contribution is 0.0696. The van der Waals surface area contributed by atoms with E-state index in [1.807, 2.05) is 13.0 Å². The molecule has 0 atom stereocenters. The molecule has 0 fully saturated rings. The Bertz CT molecular complexity index is 712. The van der Waals surface area contributed by atoms with E-state index < -0.39 is 5.97 Å². The smallest absolute Gasteiger partial charge is 0.335 e. The van der Waals surface area contributed by atoms with Crippen LogP contribution < -0.4 is 0 Å². The first-order valence-electron chi connectivity index (χ1n) is 6.85. The summed E-state index contributed by atoms with van der Waals surface area (Å²) in [6.45, 7) is 4.11. The highest BCUT2D eigenvalue weighted by molar-refractivity contribution is 5.87. The summed E-state index contributed by atoms with van der Waals surface area (Å²) >= 11 is 0. The first-order chi connectivity index (χ1) is 10.0. The van der Waals surface area contributed by atoms with Gasteiger partial charge < -0.3 is 5.11 Å². The van der Waals surface area contributed by atoms with Gasteiger partial charge in [0, 0.05) is 19.6 Å². The predicted octanol–water partition coefficient (Wildman–Crippen LogP) is 3.35. The van der Waals surface area contributed by atoms with Gasteiger partial charge in [0.25, 0.3) is 0 Å². The van der Waals surface area contributed by atoms with Crippen LogP contribution in [0.1, 0.15) is 32.6 Å². The molecule has 21 heavy (non-hydrogen) atoms. The molecule has 1 aliphatic rings. The molecule has 1 aliphatic heterocycles. The molecule has 0 bridgehead atoms. The molecule has 0 radical (unpaired) electrons. The van der Waals surface area contributed by atoms with E-state index in [1.165, 1.54) is 6.07 Å². The van der Waals surface area contributed by atoms with Crippen molar-refractivity contribution in [2.45, 2.75) is 26.6 Å². The molecule has 1 heterocycles. The van der Waals surface area contributed by atoms with Crippen LogP contribution in [0.4, 0.5) is 4.39 Å². The van der Waals surface area contributed by atoms with Crippen molar-refractivity contribution >= 4 is 5.97 Å². The summed E-state index contributed by atoms with van der Waals surface area (Å²) in [6, 6.07) is 10.1. The third kappa shape index (κ3) is 2.81. The monoisotopic (exact) mass is 285 g/mol. The number of carboxylic acid groups (broad SMARTS) is 1. The molecule has 1 N–H and O–H groups in total. The van der Waals surface area contributed by atoms with Gasteiger partial charge in [0.2, 0.25) is 0 Å². The lowest BCUT2D eigenvalue weighted by Gasteiger charge is -2.16. The van der Waals surface area contributed by atoms with Crippen molar-refractivity contribution in [1.29, 1.82) is 0 Å². The Morgan fingerprint density at radius 1 is 1.19 bits per heavy atom. The Morgan fingerprint density at radius 2 is 1.95 bits per heavy atom. The lowest BCUT2D eigenvalue weighted by Crippen LogP contribution is -2.16. The molecule has 3 nitrogen and oxygen atoms in total. The number of rotatable bonds is 3. The summed E-state index contributed by atoms with van der Waals surface area (Å²) in [5.41, 5.74) is 4.55. The number of carbonyl (C=O) groups is 1. The zero-order valence-corrected chi connectivity index (χ0v) is 11.8. The largest absolute Gasteiger partial charge is 0.478 e. The third-order valence-corrected chi connectivity index (χ3v) is 3.95. The van der Waals surface area contributed by atoms with Gasteiger partial charge in [0.05, 0.1) is 5.56 Å².